The van der Waals surface area contributed by atoms with Gasteiger partial charge in [-0.3, -0.25) is 29.1 Å². The SMILES string of the molecule is CCC(O)C1C(Oc2c(C)cccc2C)N(CC(=O)O)CCN(CC(=O)O)CCNCCN1CC(=O)O. The lowest BCUT2D eigenvalue weighted by atomic mass is 10.0. The van der Waals surface area contributed by atoms with E-state index in [1.807, 2.05) is 32.0 Å². The molecule has 0 radical (unpaired) electrons. The number of benzene rings is 1. The Morgan fingerprint density at radius 1 is 0.919 bits per heavy atom. The summed E-state index contributed by atoms with van der Waals surface area (Å²) >= 11 is 0. The first kappa shape index (κ1) is 30.5. The van der Waals surface area contributed by atoms with Crippen LogP contribution in [0.2, 0.25) is 0 Å². The summed E-state index contributed by atoms with van der Waals surface area (Å²) in [6.45, 7) is 6.34. The summed E-state index contributed by atoms with van der Waals surface area (Å²) in [6.07, 6.45) is -1.77. The lowest BCUT2D eigenvalue weighted by Crippen LogP contribution is -2.63. The Kier molecular flexibility index (Phi) is 12.2. The average Bonchev–Trinajstić information content (AvgIpc) is 2.80. The molecule has 3 unspecified atom stereocenters. The van der Waals surface area contributed by atoms with Crippen LogP contribution < -0.4 is 10.1 Å². The van der Waals surface area contributed by atoms with Crippen LogP contribution in [-0.4, -0.2) is 130 Å². The minimum absolute atomic E-state index is 0.128. The Hall–Kier alpha value is -2.77. The van der Waals surface area contributed by atoms with E-state index >= 15 is 0 Å². The summed E-state index contributed by atoms with van der Waals surface area (Å²) in [5.74, 6) is -2.67. The smallest absolute Gasteiger partial charge is 0.317 e. The van der Waals surface area contributed by atoms with Crippen molar-refractivity contribution < 1.29 is 39.5 Å². The highest BCUT2D eigenvalue weighted by Gasteiger charge is 2.40. The largest absolute Gasteiger partial charge is 0.480 e. The molecule has 0 amide bonds. The maximum Gasteiger partial charge on any atom is 0.317 e. The van der Waals surface area contributed by atoms with E-state index < -0.39 is 42.8 Å². The Labute approximate surface area is 217 Å². The van der Waals surface area contributed by atoms with Crippen molar-refractivity contribution in [2.45, 2.75) is 45.6 Å². The number of carboxylic acid groups (broad SMARTS) is 3. The van der Waals surface area contributed by atoms with Gasteiger partial charge in [0, 0.05) is 39.3 Å². The van der Waals surface area contributed by atoms with E-state index in [0.29, 0.717) is 25.4 Å². The molecule has 0 spiro atoms. The summed E-state index contributed by atoms with van der Waals surface area (Å²) in [6, 6.07) is 4.71. The molecule has 1 aromatic carbocycles. The van der Waals surface area contributed by atoms with Gasteiger partial charge in [-0.05, 0) is 31.4 Å². The Bertz CT molecular complexity index is 894. The molecule has 1 aromatic rings. The molecule has 1 saturated heterocycles. The molecule has 208 valence electrons. The number of rotatable bonds is 10. The van der Waals surface area contributed by atoms with E-state index in [-0.39, 0.29) is 39.1 Å². The highest BCUT2D eigenvalue weighted by Crippen LogP contribution is 2.28. The minimum Gasteiger partial charge on any atom is -0.480 e. The van der Waals surface area contributed by atoms with E-state index in [4.69, 9.17) is 4.74 Å². The maximum atomic E-state index is 12.0. The first-order valence-corrected chi connectivity index (χ1v) is 12.5. The number of hydrogen-bond donors (Lipinski definition) is 5. The fraction of sp³-hybridized carbons (Fsp3) is 0.640. The summed E-state index contributed by atoms with van der Waals surface area (Å²) in [7, 11) is 0. The number of aliphatic hydroxyl groups excluding tert-OH is 1. The van der Waals surface area contributed by atoms with Crippen LogP contribution in [0.25, 0.3) is 0 Å². The van der Waals surface area contributed by atoms with Crippen LogP contribution in [0.5, 0.6) is 5.75 Å². The number of aliphatic hydroxyl groups is 1. The quantitative estimate of drug-likeness (QED) is 0.277. The van der Waals surface area contributed by atoms with Gasteiger partial charge in [0.05, 0.1) is 31.8 Å². The first-order chi connectivity index (χ1) is 17.5. The second-order valence-electron chi connectivity index (χ2n) is 9.34. The average molecular weight is 525 g/mol. The Morgan fingerprint density at radius 3 is 2.05 bits per heavy atom. The monoisotopic (exact) mass is 524 g/mol. The van der Waals surface area contributed by atoms with Crippen LogP contribution in [0.3, 0.4) is 0 Å². The lowest BCUT2D eigenvalue weighted by Gasteiger charge is -2.44. The molecule has 0 saturated carbocycles. The summed E-state index contributed by atoms with van der Waals surface area (Å²) in [5.41, 5.74) is 1.62. The second kappa shape index (κ2) is 14.8. The van der Waals surface area contributed by atoms with Gasteiger partial charge in [0.2, 0.25) is 0 Å². The Balaban J connectivity index is 2.62. The summed E-state index contributed by atoms with van der Waals surface area (Å²) in [4.78, 5) is 40.1. The number of ether oxygens (including phenoxy) is 1. The van der Waals surface area contributed by atoms with Gasteiger partial charge in [0.15, 0.2) is 6.23 Å². The van der Waals surface area contributed by atoms with Gasteiger partial charge in [-0.1, -0.05) is 25.1 Å². The predicted octanol–water partition coefficient (Wildman–Crippen LogP) is -0.0892. The number of nitrogens with one attached hydrogen (secondary N) is 1. The zero-order chi connectivity index (χ0) is 27.5. The first-order valence-electron chi connectivity index (χ1n) is 12.5. The van der Waals surface area contributed by atoms with Gasteiger partial charge < -0.3 is 30.5 Å². The van der Waals surface area contributed by atoms with Crippen molar-refractivity contribution in [1.82, 2.24) is 20.0 Å². The van der Waals surface area contributed by atoms with Crippen molar-refractivity contribution in [3.63, 3.8) is 0 Å². The van der Waals surface area contributed by atoms with Gasteiger partial charge in [0.25, 0.3) is 0 Å². The van der Waals surface area contributed by atoms with Gasteiger partial charge >= 0.3 is 17.9 Å². The van der Waals surface area contributed by atoms with Crippen molar-refractivity contribution in [2.75, 3.05) is 58.9 Å². The zero-order valence-electron chi connectivity index (χ0n) is 21.8. The molecule has 3 atom stereocenters. The predicted molar refractivity (Wildman–Crippen MR) is 136 cm³/mol. The number of nitrogens with zero attached hydrogens (tertiary/aromatic N) is 3. The number of aryl methyl sites for hydroxylation is 2. The van der Waals surface area contributed by atoms with E-state index in [0.717, 1.165) is 11.1 Å². The van der Waals surface area contributed by atoms with Crippen LogP contribution >= 0.6 is 0 Å². The zero-order valence-corrected chi connectivity index (χ0v) is 21.8. The maximum absolute atomic E-state index is 12.0. The van der Waals surface area contributed by atoms with Crippen LogP contribution in [0.1, 0.15) is 24.5 Å². The highest BCUT2D eigenvalue weighted by molar-refractivity contribution is 5.70. The molecule has 1 fully saturated rings. The third-order valence-corrected chi connectivity index (χ3v) is 6.45. The van der Waals surface area contributed by atoms with Crippen LogP contribution in [0.4, 0.5) is 0 Å². The molecule has 0 bridgehead atoms. The Morgan fingerprint density at radius 2 is 1.49 bits per heavy atom. The van der Waals surface area contributed by atoms with Gasteiger partial charge in [0.1, 0.15) is 5.75 Å². The van der Waals surface area contributed by atoms with Crippen molar-refractivity contribution >= 4 is 17.9 Å². The number of carboxylic acids is 3. The molecule has 2 rings (SSSR count). The fourth-order valence-electron chi connectivity index (χ4n) is 4.61. The molecule has 0 aliphatic carbocycles. The normalized spacial score (nSPS) is 21.9. The van der Waals surface area contributed by atoms with Crippen molar-refractivity contribution in [2.24, 2.45) is 0 Å². The number of carbonyl (C=O) groups is 3. The topological polar surface area (TPSA) is 163 Å². The van der Waals surface area contributed by atoms with E-state index in [2.05, 4.69) is 5.32 Å². The molecule has 1 aliphatic rings. The number of para-hydroxylation sites is 1. The molecule has 12 heteroatoms. The van der Waals surface area contributed by atoms with E-state index in [1.165, 1.54) is 0 Å². The molecular formula is C25H40N4O8. The molecule has 12 nitrogen and oxygen atoms in total. The number of hydrogen-bond acceptors (Lipinski definition) is 9. The lowest BCUT2D eigenvalue weighted by molar-refractivity contribution is -0.150. The van der Waals surface area contributed by atoms with Gasteiger partial charge in [-0.15, -0.1) is 0 Å². The van der Waals surface area contributed by atoms with Crippen molar-refractivity contribution in [3.8, 4) is 5.75 Å². The summed E-state index contributed by atoms with van der Waals surface area (Å²) in [5, 5.41) is 43.2. The molecular weight excluding hydrogens is 484 g/mol. The standard InChI is InChI=1S/C25H40N4O8/c1-4-19(30)23-25(37-24-17(2)6-5-7-18(24)3)29(16-22(35)36)13-12-27(14-20(31)32)10-8-26-9-11-28(23)15-21(33)34/h5-7,19,23,25-26,30H,4,8-16H2,1-3H3,(H,31,32)(H,33,34)(H,35,36). The molecule has 5 N–H and O–H groups in total. The molecule has 0 aromatic heterocycles. The van der Waals surface area contributed by atoms with Gasteiger partial charge in [-0.2, -0.15) is 0 Å². The highest BCUT2D eigenvalue weighted by atomic mass is 16.5. The molecule has 37 heavy (non-hydrogen) atoms. The molecule has 1 aliphatic heterocycles. The van der Waals surface area contributed by atoms with E-state index in [9.17, 15) is 34.8 Å². The van der Waals surface area contributed by atoms with Crippen LogP contribution in [0, 0.1) is 13.8 Å². The fourth-order valence-corrected chi connectivity index (χ4v) is 4.61. The van der Waals surface area contributed by atoms with Crippen molar-refractivity contribution in [3.05, 3.63) is 29.3 Å². The second-order valence-corrected chi connectivity index (χ2v) is 9.34. The van der Waals surface area contributed by atoms with Crippen LogP contribution in [0.15, 0.2) is 18.2 Å². The van der Waals surface area contributed by atoms with E-state index in [1.54, 1.807) is 21.6 Å². The van der Waals surface area contributed by atoms with Crippen LogP contribution in [-0.2, 0) is 14.4 Å². The summed E-state index contributed by atoms with van der Waals surface area (Å²) < 4.78 is 6.51. The third kappa shape index (κ3) is 9.56. The number of aliphatic carboxylic acids is 3. The third-order valence-electron chi connectivity index (χ3n) is 6.45. The van der Waals surface area contributed by atoms with Gasteiger partial charge in [-0.25, -0.2) is 0 Å². The minimum atomic E-state index is -1.12. The van der Waals surface area contributed by atoms with Crippen molar-refractivity contribution in [1.29, 1.82) is 0 Å². The molecule has 1 heterocycles.